The Balaban J connectivity index is 2.33. The van der Waals surface area contributed by atoms with Crippen molar-refractivity contribution in [3.05, 3.63) is 18.0 Å². The summed E-state index contributed by atoms with van der Waals surface area (Å²) in [6.45, 7) is 1.99. The summed E-state index contributed by atoms with van der Waals surface area (Å²) in [5.74, 6) is 0.880. The molecule has 0 spiro atoms. The van der Waals surface area contributed by atoms with Crippen LogP contribution in [0.25, 0.3) is 0 Å². The molecule has 0 aliphatic rings. The lowest BCUT2D eigenvalue weighted by atomic mass is 10.4. The first-order chi connectivity index (χ1) is 6.68. The van der Waals surface area contributed by atoms with Crippen LogP contribution in [-0.4, -0.2) is 27.2 Å². The van der Waals surface area contributed by atoms with Crippen LogP contribution in [0.3, 0.4) is 0 Å². The number of nitrogens with one attached hydrogen (secondary N) is 2. The van der Waals surface area contributed by atoms with Crippen molar-refractivity contribution >= 4 is 17.6 Å². The SMILES string of the molecule is Cc1[nH]ccc1N(C)c1n[nH]c(N)n1. The Bertz CT molecular complexity index is 428. The van der Waals surface area contributed by atoms with Crippen LogP contribution >= 0.6 is 0 Å². The molecule has 2 aromatic rings. The van der Waals surface area contributed by atoms with E-state index >= 15 is 0 Å². The maximum atomic E-state index is 5.44. The van der Waals surface area contributed by atoms with Crippen molar-refractivity contribution in [1.82, 2.24) is 20.2 Å². The second-order valence-corrected chi connectivity index (χ2v) is 3.07. The molecule has 0 saturated carbocycles. The van der Waals surface area contributed by atoms with Crippen LogP contribution in [0.15, 0.2) is 12.3 Å². The Labute approximate surface area is 81.1 Å². The van der Waals surface area contributed by atoms with Crippen LogP contribution in [0.1, 0.15) is 5.69 Å². The quantitative estimate of drug-likeness (QED) is 0.656. The second-order valence-electron chi connectivity index (χ2n) is 3.07. The standard InChI is InChI=1S/C8H12N6/c1-5-6(3-4-10-5)14(2)8-11-7(9)12-13-8/h3-4,10H,1-2H3,(H3,9,11,12,13). The predicted octanol–water partition coefficient (Wildman–Crippen LogP) is 0.791. The molecule has 6 nitrogen and oxygen atoms in total. The zero-order valence-corrected chi connectivity index (χ0v) is 8.07. The van der Waals surface area contributed by atoms with Crippen molar-refractivity contribution in [3.8, 4) is 0 Å². The average molecular weight is 192 g/mol. The van der Waals surface area contributed by atoms with Gasteiger partial charge in [0.25, 0.3) is 5.95 Å². The number of H-pyrrole nitrogens is 2. The highest BCUT2D eigenvalue weighted by Crippen LogP contribution is 2.22. The largest absolute Gasteiger partial charge is 0.368 e. The topological polar surface area (TPSA) is 86.6 Å². The molecule has 14 heavy (non-hydrogen) atoms. The first kappa shape index (κ1) is 8.61. The fourth-order valence-electron chi connectivity index (χ4n) is 1.33. The van der Waals surface area contributed by atoms with Gasteiger partial charge >= 0.3 is 0 Å². The number of hydrogen-bond acceptors (Lipinski definition) is 4. The molecule has 0 unspecified atom stereocenters. The Kier molecular flexibility index (Phi) is 1.88. The van der Waals surface area contributed by atoms with E-state index in [-0.39, 0.29) is 0 Å². The average Bonchev–Trinajstić information content (AvgIpc) is 2.73. The van der Waals surface area contributed by atoms with Crippen molar-refractivity contribution in [2.45, 2.75) is 6.92 Å². The number of aromatic nitrogens is 4. The lowest BCUT2D eigenvalue weighted by Crippen LogP contribution is -2.11. The normalized spacial score (nSPS) is 10.4. The molecule has 0 saturated heterocycles. The summed E-state index contributed by atoms with van der Waals surface area (Å²) in [6, 6.07) is 1.96. The molecular formula is C8H12N6. The Morgan fingerprint density at radius 3 is 2.79 bits per heavy atom. The second kappa shape index (κ2) is 3.06. The number of nitrogen functional groups attached to an aromatic ring is 1. The minimum atomic E-state index is 0.319. The van der Waals surface area contributed by atoms with Crippen LogP contribution in [0.5, 0.6) is 0 Å². The zero-order valence-electron chi connectivity index (χ0n) is 8.07. The van der Waals surface area contributed by atoms with Gasteiger partial charge in [0.1, 0.15) is 0 Å². The summed E-state index contributed by atoms with van der Waals surface area (Å²) >= 11 is 0. The first-order valence-corrected chi connectivity index (χ1v) is 4.24. The van der Waals surface area contributed by atoms with Crippen molar-refractivity contribution in [2.75, 3.05) is 17.7 Å². The van der Waals surface area contributed by atoms with Gasteiger partial charge in [0.15, 0.2) is 0 Å². The number of aromatic amines is 2. The minimum Gasteiger partial charge on any atom is -0.368 e. The molecule has 6 heteroatoms. The van der Waals surface area contributed by atoms with E-state index < -0.39 is 0 Å². The van der Waals surface area contributed by atoms with E-state index in [1.165, 1.54) is 0 Å². The van der Waals surface area contributed by atoms with Gasteiger partial charge in [-0.25, -0.2) is 5.10 Å². The Hall–Kier alpha value is -1.98. The number of nitrogens with zero attached hydrogens (tertiary/aromatic N) is 3. The molecule has 0 amide bonds. The predicted molar refractivity (Wildman–Crippen MR) is 54.4 cm³/mol. The van der Waals surface area contributed by atoms with Gasteiger partial charge in [0, 0.05) is 18.9 Å². The molecule has 0 aliphatic carbocycles. The third kappa shape index (κ3) is 1.30. The summed E-state index contributed by atoms with van der Waals surface area (Å²) in [4.78, 5) is 8.98. The number of rotatable bonds is 2. The smallest absolute Gasteiger partial charge is 0.250 e. The van der Waals surface area contributed by atoms with Gasteiger partial charge in [-0.05, 0) is 13.0 Å². The zero-order chi connectivity index (χ0) is 10.1. The van der Waals surface area contributed by atoms with Crippen LogP contribution in [0.4, 0.5) is 17.6 Å². The van der Waals surface area contributed by atoms with E-state index in [2.05, 4.69) is 20.2 Å². The molecule has 0 atom stereocenters. The summed E-state index contributed by atoms with van der Waals surface area (Å²) in [5.41, 5.74) is 7.54. The molecule has 2 aromatic heterocycles. The van der Waals surface area contributed by atoms with Gasteiger partial charge in [-0.3, -0.25) is 0 Å². The highest BCUT2D eigenvalue weighted by molar-refractivity contribution is 5.59. The lowest BCUT2D eigenvalue weighted by Gasteiger charge is -2.13. The highest BCUT2D eigenvalue weighted by atomic mass is 15.4. The third-order valence-corrected chi connectivity index (χ3v) is 2.08. The molecular weight excluding hydrogens is 180 g/mol. The van der Waals surface area contributed by atoms with E-state index in [9.17, 15) is 0 Å². The van der Waals surface area contributed by atoms with Gasteiger partial charge in [-0.2, -0.15) is 4.98 Å². The molecule has 0 bridgehead atoms. The summed E-state index contributed by atoms with van der Waals surface area (Å²) in [6.07, 6.45) is 1.87. The summed E-state index contributed by atoms with van der Waals surface area (Å²) in [7, 11) is 1.89. The van der Waals surface area contributed by atoms with Crippen LogP contribution < -0.4 is 10.6 Å². The molecule has 4 N–H and O–H groups in total. The molecule has 0 fully saturated rings. The monoisotopic (exact) mass is 192 g/mol. The van der Waals surface area contributed by atoms with Crippen molar-refractivity contribution in [2.24, 2.45) is 0 Å². The van der Waals surface area contributed by atoms with E-state index in [1.807, 2.05) is 31.1 Å². The number of aryl methyl sites for hydroxylation is 1. The van der Waals surface area contributed by atoms with Crippen molar-refractivity contribution < 1.29 is 0 Å². The van der Waals surface area contributed by atoms with E-state index in [1.54, 1.807) is 0 Å². The van der Waals surface area contributed by atoms with Crippen molar-refractivity contribution in [3.63, 3.8) is 0 Å². The number of nitrogens with two attached hydrogens (primary N) is 1. The maximum absolute atomic E-state index is 5.44. The maximum Gasteiger partial charge on any atom is 0.250 e. The first-order valence-electron chi connectivity index (χ1n) is 4.24. The number of hydrogen-bond donors (Lipinski definition) is 3. The molecule has 0 aliphatic heterocycles. The summed E-state index contributed by atoms with van der Waals surface area (Å²) < 4.78 is 0. The molecule has 2 heterocycles. The summed E-state index contributed by atoms with van der Waals surface area (Å²) in [5, 5.41) is 6.56. The van der Waals surface area contributed by atoms with Crippen molar-refractivity contribution in [1.29, 1.82) is 0 Å². The van der Waals surface area contributed by atoms with Gasteiger partial charge in [0.2, 0.25) is 5.95 Å². The Morgan fingerprint density at radius 2 is 2.29 bits per heavy atom. The van der Waals surface area contributed by atoms with E-state index in [0.717, 1.165) is 11.4 Å². The van der Waals surface area contributed by atoms with Gasteiger partial charge < -0.3 is 15.6 Å². The van der Waals surface area contributed by atoms with Gasteiger partial charge in [0.05, 0.1) is 5.69 Å². The fraction of sp³-hybridized carbons (Fsp3) is 0.250. The van der Waals surface area contributed by atoms with Gasteiger partial charge in [-0.15, -0.1) is 5.10 Å². The van der Waals surface area contributed by atoms with E-state index in [4.69, 9.17) is 5.73 Å². The van der Waals surface area contributed by atoms with Crippen LogP contribution in [0.2, 0.25) is 0 Å². The number of anilines is 3. The van der Waals surface area contributed by atoms with E-state index in [0.29, 0.717) is 11.9 Å². The molecule has 74 valence electrons. The molecule has 0 aromatic carbocycles. The molecule has 2 rings (SSSR count). The van der Waals surface area contributed by atoms with Gasteiger partial charge in [-0.1, -0.05) is 0 Å². The fourth-order valence-corrected chi connectivity index (χ4v) is 1.33. The lowest BCUT2D eigenvalue weighted by molar-refractivity contribution is 1.03. The Morgan fingerprint density at radius 1 is 1.50 bits per heavy atom. The van der Waals surface area contributed by atoms with Crippen LogP contribution in [-0.2, 0) is 0 Å². The minimum absolute atomic E-state index is 0.319. The highest BCUT2D eigenvalue weighted by Gasteiger charge is 2.11. The van der Waals surface area contributed by atoms with Crippen LogP contribution in [0, 0.1) is 6.92 Å². The molecule has 0 radical (unpaired) electrons. The third-order valence-electron chi connectivity index (χ3n) is 2.08.